The zero-order chi connectivity index (χ0) is 32.3. The Bertz CT molecular complexity index is 2870. The molecular formula is C48H30S. The second-order valence-electron chi connectivity index (χ2n) is 12.9. The van der Waals surface area contributed by atoms with Crippen molar-refractivity contribution < 1.29 is 0 Å². The van der Waals surface area contributed by atoms with Crippen molar-refractivity contribution in [1.29, 1.82) is 0 Å². The molecule has 0 fully saturated rings. The first-order valence-corrected chi connectivity index (χ1v) is 17.7. The maximum Gasteiger partial charge on any atom is 0.0355 e. The highest BCUT2D eigenvalue weighted by Crippen LogP contribution is 2.45. The predicted molar refractivity (Wildman–Crippen MR) is 214 cm³/mol. The summed E-state index contributed by atoms with van der Waals surface area (Å²) in [7, 11) is 0. The average Bonchev–Trinajstić information content (AvgIpc) is 3.55. The fraction of sp³-hybridized carbons (Fsp3) is 0. The van der Waals surface area contributed by atoms with E-state index < -0.39 is 0 Å². The minimum atomic E-state index is 1.22. The van der Waals surface area contributed by atoms with Crippen molar-refractivity contribution in [3.8, 4) is 44.5 Å². The van der Waals surface area contributed by atoms with Crippen LogP contribution in [0.4, 0.5) is 0 Å². The Morgan fingerprint density at radius 3 is 1.57 bits per heavy atom. The standard InChI is InChI=1S/C48H30S/c1-2-12-32(13-3-1)47-40-18-6-7-19-41(40)48(38-22-21-31-11-4-5-14-33(31)28-38)42-25-23-36(30-44(42)47)34-15-10-16-35(27-34)37-24-26-46-43(29-37)39-17-8-9-20-45(39)49-46/h1-30H. The van der Waals surface area contributed by atoms with Crippen LogP contribution >= 0.6 is 11.3 Å². The predicted octanol–water partition coefficient (Wildman–Crippen LogP) is 14.2. The smallest absolute Gasteiger partial charge is 0.0355 e. The quantitative estimate of drug-likeness (QED) is 0.168. The topological polar surface area (TPSA) is 0 Å². The zero-order valence-corrected chi connectivity index (χ0v) is 27.5. The van der Waals surface area contributed by atoms with Crippen molar-refractivity contribution in [3.63, 3.8) is 0 Å². The molecule has 0 aliphatic carbocycles. The molecule has 10 aromatic rings. The molecule has 0 N–H and O–H groups in total. The minimum Gasteiger partial charge on any atom is -0.135 e. The van der Waals surface area contributed by atoms with E-state index in [9.17, 15) is 0 Å². The van der Waals surface area contributed by atoms with Gasteiger partial charge in [0.25, 0.3) is 0 Å². The molecule has 9 aromatic carbocycles. The number of thiophene rings is 1. The molecule has 0 saturated carbocycles. The third-order valence-electron chi connectivity index (χ3n) is 10.0. The van der Waals surface area contributed by atoms with Gasteiger partial charge in [0.15, 0.2) is 0 Å². The van der Waals surface area contributed by atoms with Crippen molar-refractivity contribution in [2.24, 2.45) is 0 Å². The van der Waals surface area contributed by atoms with Gasteiger partial charge >= 0.3 is 0 Å². The van der Waals surface area contributed by atoms with Gasteiger partial charge in [-0.25, -0.2) is 0 Å². The van der Waals surface area contributed by atoms with Gasteiger partial charge in [0.2, 0.25) is 0 Å². The molecule has 0 unspecified atom stereocenters. The summed E-state index contributed by atoms with van der Waals surface area (Å²) >= 11 is 1.87. The third kappa shape index (κ3) is 4.66. The Morgan fingerprint density at radius 1 is 0.245 bits per heavy atom. The fourth-order valence-electron chi connectivity index (χ4n) is 7.71. The Hall–Kier alpha value is -6.02. The molecular weight excluding hydrogens is 609 g/mol. The normalized spacial score (nSPS) is 11.7. The second kappa shape index (κ2) is 11.3. The van der Waals surface area contributed by atoms with E-state index in [0.717, 1.165) is 0 Å². The highest BCUT2D eigenvalue weighted by atomic mass is 32.1. The van der Waals surface area contributed by atoms with Crippen LogP contribution in [0, 0.1) is 0 Å². The van der Waals surface area contributed by atoms with Crippen LogP contribution in [-0.2, 0) is 0 Å². The van der Waals surface area contributed by atoms with Crippen LogP contribution in [0.5, 0.6) is 0 Å². The van der Waals surface area contributed by atoms with E-state index in [2.05, 4.69) is 182 Å². The third-order valence-corrected chi connectivity index (χ3v) is 11.2. The van der Waals surface area contributed by atoms with Crippen LogP contribution in [-0.4, -0.2) is 0 Å². The Kier molecular flexibility index (Phi) is 6.47. The van der Waals surface area contributed by atoms with E-state index in [0.29, 0.717) is 0 Å². The van der Waals surface area contributed by atoms with Crippen molar-refractivity contribution in [2.45, 2.75) is 0 Å². The van der Waals surface area contributed by atoms with Crippen molar-refractivity contribution in [2.75, 3.05) is 0 Å². The zero-order valence-electron chi connectivity index (χ0n) is 26.7. The summed E-state index contributed by atoms with van der Waals surface area (Å²) in [5.74, 6) is 0. The SMILES string of the molecule is c1ccc(-c2c3ccccc3c(-c3ccc4ccccc4c3)c3ccc(-c4cccc(-c5ccc6sc7ccccc7c6c5)c4)cc23)cc1. The first-order valence-electron chi connectivity index (χ1n) is 16.8. The molecule has 1 aromatic heterocycles. The van der Waals surface area contributed by atoms with Gasteiger partial charge in [-0.1, -0.05) is 146 Å². The van der Waals surface area contributed by atoms with Crippen LogP contribution in [0.3, 0.4) is 0 Å². The summed E-state index contributed by atoms with van der Waals surface area (Å²) in [5, 5.41) is 10.2. The van der Waals surface area contributed by atoms with Gasteiger partial charge in [0, 0.05) is 20.2 Å². The molecule has 1 heterocycles. The summed E-state index contributed by atoms with van der Waals surface area (Å²) in [4.78, 5) is 0. The van der Waals surface area contributed by atoms with Crippen LogP contribution in [0.1, 0.15) is 0 Å². The molecule has 1 heteroatoms. The molecule has 0 aliphatic rings. The molecule has 0 spiro atoms. The summed E-state index contributed by atoms with van der Waals surface area (Å²) < 4.78 is 2.67. The molecule has 49 heavy (non-hydrogen) atoms. The molecule has 0 nitrogen and oxygen atoms in total. The lowest BCUT2D eigenvalue weighted by Crippen LogP contribution is -1.92. The van der Waals surface area contributed by atoms with Crippen LogP contribution in [0.2, 0.25) is 0 Å². The van der Waals surface area contributed by atoms with E-state index in [1.54, 1.807) is 0 Å². The Labute approximate surface area is 289 Å². The van der Waals surface area contributed by atoms with Crippen molar-refractivity contribution in [1.82, 2.24) is 0 Å². The van der Waals surface area contributed by atoms with Crippen LogP contribution in [0.25, 0.3) is 97.0 Å². The summed E-state index contributed by atoms with van der Waals surface area (Å²) in [6, 6.07) is 67.1. The minimum absolute atomic E-state index is 1.22. The lowest BCUT2D eigenvalue weighted by atomic mass is 9.84. The molecule has 0 radical (unpaired) electrons. The number of fused-ring (bicyclic) bond motifs is 6. The van der Waals surface area contributed by atoms with Gasteiger partial charge < -0.3 is 0 Å². The van der Waals surface area contributed by atoms with E-state index >= 15 is 0 Å². The molecule has 0 atom stereocenters. The van der Waals surface area contributed by atoms with E-state index in [1.165, 1.54) is 97.0 Å². The maximum absolute atomic E-state index is 2.42. The average molecular weight is 639 g/mol. The van der Waals surface area contributed by atoms with Gasteiger partial charge in [0.1, 0.15) is 0 Å². The first-order chi connectivity index (χ1) is 24.3. The summed E-state index contributed by atoms with van der Waals surface area (Å²) in [5.41, 5.74) is 9.95. The van der Waals surface area contributed by atoms with Crippen molar-refractivity contribution in [3.05, 3.63) is 182 Å². The molecule has 228 valence electrons. The largest absolute Gasteiger partial charge is 0.135 e. The fourth-order valence-corrected chi connectivity index (χ4v) is 8.80. The lowest BCUT2D eigenvalue weighted by molar-refractivity contribution is 1.61. The molecule has 0 amide bonds. The van der Waals surface area contributed by atoms with E-state index in [1.807, 2.05) is 11.3 Å². The summed E-state index contributed by atoms with van der Waals surface area (Å²) in [6.07, 6.45) is 0. The highest BCUT2D eigenvalue weighted by Gasteiger charge is 2.18. The summed E-state index contributed by atoms with van der Waals surface area (Å²) in [6.45, 7) is 0. The maximum atomic E-state index is 2.42. The van der Waals surface area contributed by atoms with Crippen LogP contribution in [0.15, 0.2) is 182 Å². The Balaban J connectivity index is 1.20. The van der Waals surface area contributed by atoms with Gasteiger partial charge in [-0.3, -0.25) is 0 Å². The van der Waals surface area contributed by atoms with Crippen LogP contribution < -0.4 is 0 Å². The lowest BCUT2D eigenvalue weighted by Gasteiger charge is -2.19. The molecule has 0 bridgehead atoms. The molecule has 0 aliphatic heterocycles. The number of benzene rings is 9. The van der Waals surface area contributed by atoms with E-state index in [-0.39, 0.29) is 0 Å². The highest BCUT2D eigenvalue weighted by molar-refractivity contribution is 7.25. The second-order valence-corrected chi connectivity index (χ2v) is 14.0. The van der Waals surface area contributed by atoms with Gasteiger partial charge in [0.05, 0.1) is 0 Å². The monoisotopic (exact) mass is 638 g/mol. The van der Waals surface area contributed by atoms with Crippen molar-refractivity contribution >= 4 is 63.8 Å². The first kappa shape index (κ1) is 28.0. The number of hydrogen-bond donors (Lipinski definition) is 0. The number of rotatable bonds is 4. The molecule has 10 rings (SSSR count). The van der Waals surface area contributed by atoms with Gasteiger partial charge in [-0.2, -0.15) is 0 Å². The van der Waals surface area contributed by atoms with Gasteiger partial charge in [-0.15, -0.1) is 11.3 Å². The van der Waals surface area contributed by atoms with E-state index in [4.69, 9.17) is 0 Å². The molecule has 0 saturated heterocycles. The number of hydrogen-bond acceptors (Lipinski definition) is 1. The Morgan fingerprint density at radius 2 is 0.776 bits per heavy atom. The van der Waals surface area contributed by atoms with Gasteiger partial charge in [-0.05, 0) is 113 Å².